The van der Waals surface area contributed by atoms with E-state index in [0.29, 0.717) is 5.69 Å². The molecule has 1 fully saturated rings. The highest BCUT2D eigenvalue weighted by Gasteiger charge is 2.34. The molecule has 0 atom stereocenters. The second-order valence-electron chi connectivity index (χ2n) is 6.38. The van der Waals surface area contributed by atoms with Gasteiger partial charge in [-0.2, -0.15) is 0 Å². The molecule has 1 aliphatic heterocycles. The molecule has 1 aromatic heterocycles. The number of hydrogen-bond acceptors (Lipinski definition) is 4. The van der Waals surface area contributed by atoms with Gasteiger partial charge in [-0.05, 0) is 75.0 Å². The van der Waals surface area contributed by atoms with Crippen LogP contribution in [-0.2, 0) is 16.1 Å². The quantitative estimate of drug-likeness (QED) is 0.470. The summed E-state index contributed by atoms with van der Waals surface area (Å²) in [5.41, 5.74) is 3.21. The van der Waals surface area contributed by atoms with E-state index in [1.165, 1.54) is 29.2 Å². The summed E-state index contributed by atoms with van der Waals surface area (Å²) in [4.78, 5) is 37.7. The summed E-state index contributed by atoms with van der Waals surface area (Å²) in [5, 5.41) is 11.5. The van der Waals surface area contributed by atoms with Crippen molar-refractivity contribution in [3.63, 3.8) is 0 Å². The number of nitrogens with zero attached hydrogens (tertiary/aromatic N) is 2. The van der Waals surface area contributed by atoms with Crippen LogP contribution in [0, 0.1) is 13.8 Å². The minimum absolute atomic E-state index is 0.0349. The molecule has 0 unspecified atom stereocenters. The highest BCUT2D eigenvalue weighted by atomic mass is 32.1. The summed E-state index contributed by atoms with van der Waals surface area (Å²) in [6.07, 6.45) is 1.56. The molecule has 2 N–H and O–H groups in total. The van der Waals surface area contributed by atoms with Crippen LogP contribution in [0.15, 0.2) is 35.9 Å². The molecule has 8 heteroatoms. The number of rotatable bonds is 4. The Balaban J connectivity index is 2.02. The first-order chi connectivity index (χ1) is 13.2. The van der Waals surface area contributed by atoms with Gasteiger partial charge in [0.05, 0.1) is 11.3 Å². The van der Waals surface area contributed by atoms with E-state index in [9.17, 15) is 14.4 Å². The van der Waals surface area contributed by atoms with Crippen molar-refractivity contribution in [2.45, 2.75) is 27.3 Å². The van der Waals surface area contributed by atoms with Crippen molar-refractivity contribution in [2.24, 2.45) is 0 Å². The predicted octanol–water partition coefficient (Wildman–Crippen LogP) is 2.65. The largest absolute Gasteiger partial charge is 0.478 e. The number of aryl methyl sites for hydroxylation is 1. The fourth-order valence-electron chi connectivity index (χ4n) is 3.26. The van der Waals surface area contributed by atoms with E-state index in [-0.39, 0.29) is 16.2 Å². The van der Waals surface area contributed by atoms with Crippen molar-refractivity contribution in [1.29, 1.82) is 0 Å². The van der Waals surface area contributed by atoms with Crippen molar-refractivity contribution >= 4 is 46.9 Å². The maximum atomic E-state index is 13.0. The number of carboxylic acid groups (broad SMARTS) is 1. The molecule has 0 radical (unpaired) electrons. The molecule has 1 aliphatic rings. The molecule has 2 amide bonds. The number of benzene rings is 1. The lowest BCUT2D eigenvalue weighted by Gasteiger charge is -2.29. The standard InChI is InChI=1S/C20H19N3O4S/c1-4-22-11(2)9-14(12(22)3)10-16-17(24)21-20(28)23(18(16)25)15-7-5-13(6-8-15)19(26)27/h5-10H,4H2,1-3H3,(H,26,27)(H,21,24,28). The smallest absolute Gasteiger partial charge is 0.335 e. The van der Waals surface area contributed by atoms with Crippen molar-refractivity contribution < 1.29 is 19.5 Å². The second-order valence-corrected chi connectivity index (χ2v) is 6.77. The summed E-state index contributed by atoms with van der Waals surface area (Å²) >= 11 is 5.16. The second kappa shape index (κ2) is 7.40. The van der Waals surface area contributed by atoms with Crippen LogP contribution < -0.4 is 10.2 Å². The van der Waals surface area contributed by atoms with Crippen molar-refractivity contribution in [3.8, 4) is 0 Å². The maximum Gasteiger partial charge on any atom is 0.335 e. The Labute approximate surface area is 167 Å². The zero-order valence-corrected chi connectivity index (χ0v) is 16.5. The number of thiocarbonyl (C=S) groups is 1. The van der Waals surface area contributed by atoms with Crippen LogP contribution in [0.5, 0.6) is 0 Å². The number of aromatic nitrogens is 1. The van der Waals surface area contributed by atoms with Crippen LogP contribution in [-0.4, -0.2) is 32.6 Å². The number of hydrogen-bond donors (Lipinski definition) is 2. The monoisotopic (exact) mass is 397 g/mol. The third-order valence-electron chi connectivity index (χ3n) is 4.70. The maximum absolute atomic E-state index is 13.0. The van der Waals surface area contributed by atoms with Crippen molar-refractivity contribution in [3.05, 3.63) is 58.4 Å². The average Bonchev–Trinajstić information content (AvgIpc) is 2.91. The summed E-state index contributed by atoms with van der Waals surface area (Å²) in [6, 6.07) is 7.63. The molecule has 7 nitrogen and oxygen atoms in total. The molecule has 0 aliphatic carbocycles. The Hall–Kier alpha value is -3.26. The fraction of sp³-hybridized carbons (Fsp3) is 0.200. The van der Waals surface area contributed by atoms with Gasteiger partial charge in [0.25, 0.3) is 11.8 Å². The van der Waals surface area contributed by atoms with E-state index < -0.39 is 17.8 Å². The highest BCUT2D eigenvalue weighted by Crippen LogP contribution is 2.24. The van der Waals surface area contributed by atoms with Crippen molar-refractivity contribution in [1.82, 2.24) is 9.88 Å². The van der Waals surface area contributed by atoms with Gasteiger partial charge in [0, 0.05) is 17.9 Å². The summed E-state index contributed by atoms with van der Waals surface area (Å²) < 4.78 is 2.09. The van der Waals surface area contributed by atoms with E-state index in [1.54, 1.807) is 6.08 Å². The van der Waals surface area contributed by atoms with Gasteiger partial charge in [-0.1, -0.05) is 0 Å². The number of aromatic carboxylic acids is 1. The molecular weight excluding hydrogens is 378 g/mol. The lowest BCUT2D eigenvalue weighted by Crippen LogP contribution is -2.54. The Kier molecular flexibility index (Phi) is 5.15. The zero-order chi connectivity index (χ0) is 20.6. The van der Waals surface area contributed by atoms with Crippen LogP contribution in [0.1, 0.15) is 34.2 Å². The SMILES string of the molecule is CCn1c(C)cc(C=C2C(=O)NC(=S)N(c3ccc(C(=O)O)cc3)C2=O)c1C. The number of carbonyl (C=O) groups is 3. The third kappa shape index (κ3) is 3.34. The normalized spacial score (nSPS) is 15.9. The Morgan fingerprint density at radius 2 is 1.86 bits per heavy atom. The van der Waals surface area contributed by atoms with Crippen LogP contribution in [0.3, 0.4) is 0 Å². The van der Waals surface area contributed by atoms with E-state index in [4.69, 9.17) is 17.3 Å². The van der Waals surface area contributed by atoms with E-state index >= 15 is 0 Å². The average molecular weight is 397 g/mol. The lowest BCUT2D eigenvalue weighted by atomic mass is 10.1. The van der Waals surface area contributed by atoms with Crippen LogP contribution >= 0.6 is 12.2 Å². The Morgan fingerprint density at radius 3 is 2.39 bits per heavy atom. The molecule has 0 spiro atoms. The van der Waals surface area contributed by atoms with Gasteiger partial charge < -0.3 is 9.67 Å². The fourth-order valence-corrected chi connectivity index (χ4v) is 3.54. The van der Waals surface area contributed by atoms with Gasteiger partial charge in [-0.3, -0.25) is 19.8 Å². The summed E-state index contributed by atoms with van der Waals surface area (Å²) in [7, 11) is 0. The van der Waals surface area contributed by atoms with E-state index in [0.717, 1.165) is 23.5 Å². The molecule has 1 saturated heterocycles. The zero-order valence-electron chi connectivity index (χ0n) is 15.6. The molecule has 2 heterocycles. The van der Waals surface area contributed by atoms with Gasteiger partial charge in [0.2, 0.25) is 0 Å². The summed E-state index contributed by atoms with van der Waals surface area (Å²) in [5.74, 6) is -2.19. The first-order valence-electron chi connectivity index (χ1n) is 8.66. The van der Waals surface area contributed by atoms with Gasteiger partial charge in [-0.15, -0.1) is 0 Å². The highest BCUT2D eigenvalue weighted by molar-refractivity contribution is 7.80. The predicted molar refractivity (Wildman–Crippen MR) is 109 cm³/mol. The van der Waals surface area contributed by atoms with Gasteiger partial charge in [-0.25, -0.2) is 4.79 Å². The Bertz CT molecular complexity index is 1030. The molecule has 3 rings (SSSR count). The number of amides is 2. The third-order valence-corrected chi connectivity index (χ3v) is 4.99. The van der Waals surface area contributed by atoms with Gasteiger partial charge in [0.1, 0.15) is 5.57 Å². The molecule has 1 aromatic carbocycles. The molecule has 28 heavy (non-hydrogen) atoms. The molecular formula is C20H19N3O4S. The minimum Gasteiger partial charge on any atom is -0.478 e. The number of carbonyl (C=O) groups excluding carboxylic acids is 2. The molecule has 0 saturated carbocycles. The topological polar surface area (TPSA) is 91.6 Å². The summed E-state index contributed by atoms with van der Waals surface area (Å²) in [6.45, 7) is 6.71. The lowest BCUT2D eigenvalue weighted by molar-refractivity contribution is -0.122. The molecule has 0 bridgehead atoms. The van der Waals surface area contributed by atoms with Crippen LogP contribution in [0.2, 0.25) is 0 Å². The van der Waals surface area contributed by atoms with Gasteiger partial charge in [0.15, 0.2) is 5.11 Å². The number of nitrogens with one attached hydrogen (secondary N) is 1. The number of carboxylic acids is 1. The van der Waals surface area contributed by atoms with Gasteiger partial charge >= 0.3 is 5.97 Å². The first kappa shape index (κ1) is 19.5. The van der Waals surface area contributed by atoms with E-state index in [2.05, 4.69) is 9.88 Å². The van der Waals surface area contributed by atoms with Crippen LogP contribution in [0.25, 0.3) is 6.08 Å². The van der Waals surface area contributed by atoms with Crippen LogP contribution in [0.4, 0.5) is 5.69 Å². The minimum atomic E-state index is -1.07. The molecule has 2 aromatic rings. The molecule has 144 valence electrons. The van der Waals surface area contributed by atoms with E-state index in [1.807, 2.05) is 26.8 Å². The first-order valence-corrected chi connectivity index (χ1v) is 9.07. The number of anilines is 1. The van der Waals surface area contributed by atoms with Crippen molar-refractivity contribution in [2.75, 3.05) is 4.90 Å². The Morgan fingerprint density at radius 1 is 1.21 bits per heavy atom.